The van der Waals surface area contributed by atoms with Crippen molar-refractivity contribution in [1.82, 2.24) is 4.90 Å². The zero-order chi connectivity index (χ0) is 13.3. The predicted octanol–water partition coefficient (Wildman–Crippen LogP) is 1.67. The Morgan fingerprint density at radius 1 is 1.29 bits per heavy atom. The van der Waals surface area contributed by atoms with Gasteiger partial charge in [-0.25, -0.2) is 0 Å². The number of carbonyl (C=O) groups is 1. The summed E-state index contributed by atoms with van der Waals surface area (Å²) >= 11 is 0. The maximum atomic E-state index is 12.1. The summed E-state index contributed by atoms with van der Waals surface area (Å²) in [6.07, 6.45) is 3.29. The van der Waals surface area contributed by atoms with Crippen LogP contribution in [-0.4, -0.2) is 49.3 Å². The molecule has 0 spiro atoms. The SMILES string of the molecule is CCCC(CCC)C(=O)N(C)CC(O)COC. The maximum absolute atomic E-state index is 12.1. The van der Waals surface area contributed by atoms with Crippen LogP contribution < -0.4 is 0 Å². The minimum Gasteiger partial charge on any atom is -0.389 e. The fourth-order valence-corrected chi connectivity index (χ4v) is 2.05. The number of nitrogens with zero attached hydrogens (tertiary/aromatic N) is 1. The van der Waals surface area contributed by atoms with Gasteiger partial charge < -0.3 is 14.7 Å². The van der Waals surface area contributed by atoms with Gasteiger partial charge in [0.25, 0.3) is 0 Å². The standard InChI is InChI=1S/C13H27NO3/c1-5-7-11(8-6-2)13(16)14(3)9-12(15)10-17-4/h11-12,15H,5-10H2,1-4H3. The molecule has 1 atom stereocenters. The first-order valence-corrected chi connectivity index (χ1v) is 6.48. The Labute approximate surface area is 105 Å². The lowest BCUT2D eigenvalue weighted by molar-refractivity contribution is -0.136. The number of amides is 1. The molecule has 4 nitrogen and oxygen atoms in total. The van der Waals surface area contributed by atoms with Crippen LogP contribution in [-0.2, 0) is 9.53 Å². The molecule has 1 N–H and O–H groups in total. The van der Waals surface area contributed by atoms with Crippen molar-refractivity contribution in [2.45, 2.75) is 45.6 Å². The molecule has 0 aliphatic heterocycles. The minimum atomic E-state index is -0.599. The van der Waals surface area contributed by atoms with Gasteiger partial charge in [-0.05, 0) is 12.8 Å². The van der Waals surface area contributed by atoms with E-state index in [1.54, 1.807) is 19.1 Å². The molecule has 4 heteroatoms. The molecule has 0 saturated heterocycles. The van der Waals surface area contributed by atoms with Gasteiger partial charge in [-0.1, -0.05) is 26.7 Å². The zero-order valence-electron chi connectivity index (χ0n) is 11.6. The van der Waals surface area contributed by atoms with Gasteiger partial charge in [0.1, 0.15) is 0 Å². The van der Waals surface area contributed by atoms with Crippen molar-refractivity contribution in [2.24, 2.45) is 5.92 Å². The van der Waals surface area contributed by atoms with Crippen LogP contribution in [0.5, 0.6) is 0 Å². The molecular weight excluding hydrogens is 218 g/mol. The smallest absolute Gasteiger partial charge is 0.225 e. The lowest BCUT2D eigenvalue weighted by Crippen LogP contribution is -2.39. The summed E-state index contributed by atoms with van der Waals surface area (Å²) < 4.78 is 4.85. The largest absolute Gasteiger partial charge is 0.389 e. The molecule has 0 aromatic rings. The van der Waals surface area contributed by atoms with Crippen molar-refractivity contribution >= 4 is 5.91 Å². The first-order chi connectivity index (χ1) is 8.06. The van der Waals surface area contributed by atoms with Gasteiger partial charge in [0.2, 0.25) is 5.91 Å². The monoisotopic (exact) mass is 245 g/mol. The molecule has 0 aliphatic carbocycles. The summed E-state index contributed by atoms with van der Waals surface area (Å²) in [5.74, 6) is 0.244. The van der Waals surface area contributed by atoms with Crippen LogP contribution in [0.2, 0.25) is 0 Å². The number of hydrogen-bond acceptors (Lipinski definition) is 3. The number of aliphatic hydroxyl groups excluding tert-OH is 1. The third-order valence-corrected chi connectivity index (χ3v) is 2.84. The molecule has 1 unspecified atom stereocenters. The van der Waals surface area contributed by atoms with E-state index in [-0.39, 0.29) is 18.4 Å². The average Bonchev–Trinajstić information content (AvgIpc) is 2.28. The number of aliphatic hydroxyl groups is 1. The molecule has 102 valence electrons. The van der Waals surface area contributed by atoms with E-state index in [0.717, 1.165) is 25.7 Å². The lowest BCUT2D eigenvalue weighted by atomic mass is 9.97. The summed E-state index contributed by atoms with van der Waals surface area (Å²) in [5, 5.41) is 9.59. The van der Waals surface area contributed by atoms with E-state index in [4.69, 9.17) is 4.74 Å². The highest BCUT2D eigenvalue weighted by atomic mass is 16.5. The van der Waals surface area contributed by atoms with Crippen molar-refractivity contribution in [3.63, 3.8) is 0 Å². The van der Waals surface area contributed by atoms with Crippen molar-refractivity contribution in [1.29, 1.82) is 0 Å². The summed E-state index contributed by atoms with van der Waals surface area (Å²) in [7, 11) is 3.29. The number of ether oxygens (including phenoxy) is 1. The van der Waals surface area contributed by atoms with Gasteiger partial charge in [-0.15, -0.1) is 0 Å². The summed E-state index contributed by atoms with van der Waals surface area (Å²) in [6.45, 7) is 4.80. The Hall–Kier alpha value is -0.610. The van der Waals surface area contributed by atoms with Crippen LogP contribution in [0.4, 0.5) is 0 Å². The molecule has 0 aromatic heterocycles. The van der Waals surface area contributed by atoms with Gasteiger partial charge in [0.05, 0.1) is 12.7 Å². The minimum absolute atomic E-state index is 0.102. The molecule has 1 amide bonds. The Morgan fingerprint density at radius 2 is 1.82 bits per heavy atom. The fourth-order valence-electron chi connectivity index (χ4n) is 2.05. The quantitative estimate of drug-likeness (QED) is 0.672. The molecule has 17 heavy (non-hydrogen) atoms. The average molecular weight is 245 g/mol. The lowest BCUT2D eigenvalue weighted by Gasteiger charge is -2.25. The predicted molar refractivity (Wildman–Crippen MR) is 68.8 cm³/mol. The number of likely N-dealkylation sites (N-methyl/N-ethyl adjacent to an activating group) is 1. The molecular formula is C13H27NO3. The molecule has 0 radical (unpaired) electrons. The topological polar surface area (TPSA) is 49.8 Å². The van der Waals surface area contributed by atoms with E-state index in [2.05, 4.69) is 13.8 Å². The highest BCUT2D eigenvalue weighted by Crippen LogP contribution is 2.16. The second kappa shape index (κ2) is 9.42. The number of methoxy groups -OCH3 is 1. The third-order valence-electron chi connectivity index (χ3n) is 2.84. The van der Waals surface area contributed by atoms with E-state index < -0.39 is 6.10 Å². The van der Waals surface area contributed by atoms with E-state index in [0.29, 0.717) is 6.54 Å². The highest BCUT2D eigenvalue weighted by Gasteiger charge is 2.21. The summed E-state index contributed by atoms with van der Waals surface area (Å²) in [5.41, 5.74) is 0. The van der Waals surface area contributed by atoms with Crippen molar-refractivity contribution in [2.75, 3.05) is 27.3 Å². The van der Waals surface area contributed by atoms with E-state index >= 15 is 0 Å². The van der Waals surface area contributed by atoms with Crippen LogP contribution in [0.25, 0.3) is 0 Å². The Bertz CT molecular complexity index is 203. The third kappa shape index (κ3) is 6.64. The molecule has 0 rings (SSSR count). The fraction of sp³-hybridized carbons (Fsp3) is 0.923. The second-order valence-electron chi connectivity index (χ2n) is 4.60. The van der Waals surface area contributed by atoms with Crippen LogP contribution in [0.15, 0.2) is 0 Å². The number of carbonyl (C=O) groups excluding carboxylic acids is 1. The van der Waals surface area contributed by atoms with Gasteiger partial charge >= 0.3 is 0 Å². The Morgan fingerprint density at radius 3 is 2.24 bits per heavy atom. The van der Waals surface area contributed by atoms with E-state index in [9.17, 15) is 9.90 Å². The number of hydrogen-bond donors (Lipinski definition) is 1. The van der Waals surface area contributed by atoms with Gasteiger partial charge in [0, 0.05) is 26.6 Å². The normalized spacial score (nSPS) is 12.8. The molecule has 0 fully saturated rings. The van der Waals surface area contributed by atoms with Crippen LogP contribution in [0.3, 0.4) is 0 Å². The van der Waals surface area contributed by atoms with Gasteiger partial charge in [-0.2, -0.15) is 0 Å². The maximum Gasteiger partial charge on any atom is 0.225 e. The van der Waals surface area contributed by atoms with Gasteiger partial charge in [-0.3, -0.25) is 4.79 Å². The Kier molecular flexibility index (Phi) is 9.09. The van der Waals surface area contributed by atoms with E-state index in [1.165, 1.54) is 0 Å². The molecule has 0 aromatic carbocycles. The van der Waals surface area contributed by atoms with Crippen molar-refractivity contribution in [3.05, 3.63) is 0 Å². The van der Waals surface area contributed by atoms with Crippen LogP contribution in [0.1, 0.15) is 39.5 Å². The summed E-state index contributed by atoms with van der Waals surface area (Å²) in [6, 6.07) is 0. The van der Waals surface area contributed by atoms with Gasteiger partial charge in [0.15, 0.2) is 0 Å². The summed E-state index contributed by atoms with van der Waals surface area (Å²) in [4.78, 5) is 13.8. The Balaban J connectivity index is 4.23. The van der Waals surface area contributed by atoms with Crippen molar-refractivity contribution in [3.8, 4) is 0 Å². The van der Waals surface area contributed by atoms with E-state index in [1.807, 2.05) is 0 Å². The van der Waals surface area contributed by atoms with Crippen LogP contribution in [0, 0.1) is 5.92 Å². The molecule has 0 saturated carbocycles. The highest BCUT2D eigenvalue weighted by molar-refractivity contribution is 5.78. The molecule has 0 bridgehead atoms. The van der Waals surface area contributed by atoms with Crippen molar-refractivity contribution < 1.29 is 14.6 Å². The molecule has 0 heterocycles. The first-order valence-electron chi connectivity index (χ1n) is 6.48. The van der Waals surface area contributed by atoms with Crippen LogP contribution >= 0.6 is 0 Å². The first kappa shape index (κ1) is 16.4. The second-order valence-corrected chi connectivity index (χ2v) is 4.60. The zero-order valence-corrected chi connectivity index (χ0v) is 11.6. The number of rotatable bonds is 9. The molecule has 0 aliphatic rings.